The average molecular weight is 187 g/mol. The molecule has 13 heavy (non-hydrogen) atoms. The van der Waals surface area contributed by atoms with Crippen LogP contribution in [0.25, 0.3) is 0 Å². The quantitative estimate of drug-likeness (QED) is 0.683. The normalized spacial score (nSPS) is 26.3. The van der Waals surface area contributed by atoms with Gasteiger partial charge in [-0.2, -0.15) is 0 Å². The van der Waals surface area contributed by atoms with Gasteiger partial charge in [-0.3, -0.25) is 0 Å². The second-order valence-electron chi connectivity index (χ2n) is 4.06. The van der Waals surface area contributed by atoms with E-state index in [1.54, 1.807) is 0 Å². The monoisotopic (exact) mass is 187 g/mol. The standard InChI is InChI=1S/C10H21NO2/c1-8(2)13-7-10(12)9-4-3-5-11-6-9/h8-12H,3-7H2,1-2H3. The molecule has 0 bridgehead atoms. The SMILES string of the molecule is CC(C)OCC(O)C1CCCNC1. The zero-order valence-electron chi connectivity index (χ0n) is 8.62. The summed E-state index contributed by atoms with van der Waals surface area (Å²) in [5.74, 6) is 0.382. The molecule has 1 saturated heterocycles. The lowest BCUT2D eigenvalue weighted by Crippen LogP contribution is -2.39. The molecule has 2 unspecified atom stereocenters. The summed E-state index contributed by atoms with van der Waals surface area (Å²) in [4.78, 5) is 0. The zero-order chi connectivity index (χ0) is 9.68. The van der Waals surface area contributed by atoms with Crippen molar-refractivity contribution in [2.45, 2.75) is 38.9 Å². The molecule has 3 nitrogen and oxygen atoms in total. The highest BCUT2D eigenvalue weighted by atomic mass is 16.5. The van der Waals surface area contributed by atoms with Gasteiger partial charge in [0, 0.05) is 6.54 Å². The molecule has 3 heteroatoms. The van der Waals surface area contributed by atoms with Gasteiger partial charge in [-0.1, -0.05) is 0 Å². The highest BCUT2D eigenvalue weighted by Gasteiger charge is 2.21. The third-order valence-electron chi connectivity index (χ3n) is 2.48. The fourth-order valence-corrected chi connectivity index (χ4v) is 1.63. The van der Waals surface area contributed by atoms with E-state index in [0.29, 0.717) is 12.5 Å². The Labute approximate surface area is 80.5 Å². The topological polar surface area (TPSA) is 41.5 Å². The van der Waals surface area contributed by atoms with E-state index in [1.165, 1.54) is 6.42 Å². The minimum absolute atomic E-state index is 0.214. The van der Waals surface area contributed by atoms with Crippen molar-refractivity contribution in [3.63, 3.8) is 0 Å². The molecule has 0 radical (unpaired) electrons. The Morgan fingerprint density at radius 1 is 1.54 bits per heavy atom. The smallest absolute Gasteiger partial charge is 0.0814 e. The van der Waals surface area contributed by atoms with Crippen LogP contribution in [0.4, 0.5) is 0 Å². The van der Waals surface area contributed by atoms with Gasteiger partial charge in [0.25, 0.3) is 0 Å². The van der Waals surface area contributed by atoms with Crippen LogP contribution in [0.2, 0.25) is 0 Å². The molecule has 0 aromatic carbocycles. The van der Waals surface area contributed by atoms with Crippen LogP contribution < -0.4 is 5.32 Å². The second kappa shape index (κ2) is 5.58. The Bertz CT molecular complexity index is 133. The van der Waals surface area contributed by atoms with Crippen LogP contribution in [0.5, 0.6) is 0 Å². The maximum absolute atomic E-state index is 9.76. The number of nitrogens with one attached hydrogen (secondary N) is 1. The molecule has 0 aliphatic carbocycles. The predicted molar refractivity (Wildman–Crippen MR) is 52.7 cm³/mol. The summed E-state index contributed by atoms with van der Waals surface area (Å²) in [6.45, 7) is 6.48. The van der Waals surface area contributed by atoms with Gasteiger partial charge in [0.2, 0.25) is 0 Å². The molecule has 0 amide bonds. The van der Waals surface area contributed by atoms with Gasteiger partial charge in [-0.25, -0.2) is 0 Å². The Morgan fingerprint density at radius 2 is 2.31 bits per heavy atom. The number of rotatable bonds is 4. The van der Waals surface area contributed by atoms with E-state index in [0.717, 1.165) is 19.5 Å². The number of aliphatic hydroxyl groups is 1. The molecule has 0 saturated carbocycles. The van der Waals surface area contributed by atoms with E-state index in [4.69, 9.17) is 4.74 Å². The molecule has 0 aromatic heterocycles. The van der Waals surface area contributed by atoms with Crippen LogP contribution >= 0.6 is 0 Å². The lowest BCUT2D eigenvalue weighted by atomic mass is 9.94. The highest BCUT2D eigenvalue weighted by Crippen LogP contribution is 2.14. The molecule has 0 aromatic rings. The van der Waals surface area contributed by atoms with Gasteiger partial charge in [0.15, 0.2) is 0 Å². The van der Waals surface area contributed by atoms with Crippen molar-refractivity contribution in [3.8, 4) is 0 Å². The van der Waals surface area contributed by atoms with Gasteiger partial charge in [-0.05, 0) is 39.2 Å². The molecule has 2 atom stereocenters. The van der Waals surface area contributed by atoms with E-state index in [2.05, 4.69) is 5.32 Å². The molecule has 1 aliphatic rings. The van der Waals surface area contributed by atoms with Crippen molar-refractivity contribution < 1.29 is 9.84 Å². The Morgan fingerprint density at radius 3 is 2.85 bits per heavy atom. The van der Waals surface area contributed by atoms with Gasteiger partial charge in [0.1, 0.15) is 0 Å². The summed E-state index contributed by atoms with van der Waals surface area (Å²) in [6.07, 6.45) is 2.21. The van der Waals surface area contributed by atoms with Gasteiger partial charge >= 0.3 is 0 Å². The number of aliphatic hydroxyl groups excluding tert-OH is 1. The first-order valence-electron chi connectivity index (χ1n) is 5.20. The Balaban J connectivity index is 2.17. The summed E-state index contributed by atoms with van der Waals surface area (Å²) in [7, 11) is 0. The summed E-state index contributed by atoms with van der Waals surface area (Å²) < 4.78 is 5.38. The lowest BCUT2D eigenvalue weighted by Gasteiger charge is -2.27. The summed E-state index contributed by atoms with van der Waals surface area (Å²) in [5, 5.41) is 13.0. The van der Waals surface area contributed by atoms with Crippen molar-refractivity contribution in [2.75, 3.05) is 19.7 Å². The molecule has 1 rings (SSSR count). The summed E-state index contributed by atoms with van der Waals surface area (Å²) >= 11 is 0. The average Bonchev–Trinajstić information content (AvgIpc) is 2.15. The maximum Gasteiger partial charge on any atom is 0.0814 e. The van der Waals surface area contributed by atoms with Crippen LogP contribution in [0.15, 0.2) is 0 Å². The first-order valence-corrected chi connectivity index (χ1v) is 5.20. The number of piperidine rings is 1. The largest absolute Gasteiger partial charge is 0.390 e. The minimum atomic E-state index is -0.296. The number of hydrogen-bond acceptors (Lipinski definition) is 3. The van der Waals surface area contributed by atoms with Gasteiger partial charge < -0.3 is 15.2 Å². The Kier molecular flexibility index (Phi) is 4.70. The summed E-state index contributed by atoms with van der Waals surface area (Å²) in [5.41, 5.74) is 0. The van der Waals surface area contributed by atoms with E-state index >= 15 is 0 Å². The molecule has 1 fully saturated rings. The first kappa shape index (κ1) is 11.0. The van der Waals surface area contributed by atoms with E-state index in [1.807, 2.05) is 13.8 Å². The van der Waals surface area contributed by atoms with Crippen molar-refractivity contribution in [1.29, 1.82) is 0 Å². The molecular formula is C10H21NO2. The highest BCUT2D eigenvalue weighted by molar-refractivity contribution is 4.75. The minimum Gasteiger partial charge on any atom is -0.390 e. The van der Waals surface area contributed by atoms with Crippen molar-refractivity contribution in [2.24, 2.45) is 5.92 Å². The van der Waals surface area contributed by atoms with E-state index in [-0.39, 0.29) is 12.2 Å². The van der Waals surface area contributed by atoms with Crippen LogP contribution in [0.3, 0.4) is 0 Å². The zero-order valence-corrected chi connectivity index (χ0v) is 8.62. The lowest BCUT2D eigenvalue weighted by molar-refractivity contribution is -0.0238. The summed E-state index contributed by atoms with van der Waals surface area (Å²) in [6, 6.07) is 0. The predicted octanol–water partition coefficient (Wildman–Crippen LogP) is 0.772. The van der Waals surface area contributed by atoms with E-state index in [9.17, 15) is 5.11 Å². The van der Waals surface area contributed by atoms with Crippen LogP contribution in [-0.2, 0) is 4.74 Å². The van der Waals surface area contributed by atoms with Crippen molar-refractivity contribution >= 4 is 0 Å². The van der Waals surface area contributed by atoms with E-state index < -0.39 is 0 Å². The van der Waals surface area contributed by atoms with Gasteiger partial charge in [0.05, 0.1) is 18.8 Å². The molecule has 0 spiro atoms. The molecular weight excluding hydrogens is 166 g/mol. The van der Waals surface area contributed by atoms with Crippen molar-refractivity contribution in [1.82, 2.24) is 5.32 Å². The molecule has 78 valence electrons. The van der Waals surface area contributed by atoms with Crippen LogP contribution in [0, 0.1) is 5.92 Å². The molecule has 1 aliphatic heterocycles. The van der Waals surface area contributed by atoms with Gasteiger partial charge in [-0.15, -0.1) is 0 Å². The fourth-order valence-electron chi connectivity index (χ4n) is 1.63. The van der Waals surface area contributed by atoms with Crippen LogP contribution in [0.1, 0.15) is 26.7 Å². The number of ether oxygens (including phenoxy) is 1. The third-order valence-corrected chi connectivity index (χ3v) is 2.48. The second-order valence-corrected chi connectivity index (χ2v) is 4.06. The number of hydrogen-bond donors (Lipinski definition) is 2. The Hall–Kier alpha value is -0.120. The first-order chi connectivity index (χ1) is 6.20. The maximum atomic E-state index is 9.76. The molecule has 1 heterocycles. The van der Waals surface area contributed by atoms with Crippen LogP contribution in [-0.4, -0.2) is 37.0 Å². The third kappa shape index (κ3) is 4.07. The molecule has 2 N–H and O–H groups in total. The fraction of sp³-hybridized carbons (Fsp3) is 1.00. The van der Waals surface area contributed by atoms with Crippen molar-refractivity contribution in [3.05, 3.63) is 0 Å².